The van der Waals surface area contributed by atoms with E-state index in [2.05, 4.69) is 0 Å². The van der Waals surface area contributed by atoms with Crippen LogP contribution in [0, 0.1) is 0 Å². The Morgan fingerprint density at radius 1 is 1.38 bits per heavy atom. The Morgan fingerprint density at radius 2 is 1.77 bits per heavy atom. The van der Waals surface area contributed by atoms with Gasteiger partial charge in [0.15, 0.2) is 5.78 Å². The van der Waals surface area contributed by atoms with Crippen LogP contribution < -0.4 is 11.5 Å². The number of amides is 1. The molecule has 0 aliphatic rings. The molecule has 0 spiro atoms. The predicted molar refractivity (Wildman–Crippen MR) is 48.0 cm³/mol. The van der Waals surface area contributed by atoms with Gasteiger partial charge in [0.25, 0.3) is 0 Å². The van der Waals surface area contributed by atoms with E-state index in [4.69, 9.17) is 20.5 Å². The standard InChI is InChI=1S/C6H15N2O4P/c1-3-11-13(10,12-4-2)6(8)5(7)9/h6H,3-4,8H2,1-2H3,(H2,7,9). The molecule has 0 aromatic heterocycles. The predicted octanol–water partition coefficient (Wildman–Crippen LogP) is 0.0226. The zero-order chi connectivity index (χ0) is 10.5. The number of carbonyl (C=O) groups is 1. The summed E-state index contributed by atoms with van der Waals surface area (Å²) >= 11 is 0. The highest BCUT2D eigenvalue weighted by Gasteiger charge is 2.36. The van der Waals surface area contributed by atoms with Crippen LogP contribution in [0.5, 0.6) is 0 Å². The lowest BCUT2D eigenvalue weighted by Crippen LogP contribution is -2.37. The number of hydrogen-bond donors (Lipinski definition) is 2. The first kappa shape index (κ1) is 12.6. The molecule has 0 bridgehead atoms. The average Bonchev–Trinajstić information content (AvgIpc) is 2.03. The van der Waals surface area contributed by atoms with Crippen LogP contribution in [-0.4, -0.2) is 24.9 Å². The van der Waals surface area contributed by atoms with E-state index in [9.17, 15) is 9.36 Å². The molecule has 0 radical (unpaired) electrons. The third kappa shape index (κ3) is 3.44. The molecule has 0 aromatic carbocycles. The summed E-state index contributed by atoms with van der Waals surface area (Å²) in [7, 11) is -3.56. The van der Waals surface area contributed by atoms with Crippen LogP contribution >= 0.6 is 7.60 Å². The average molecular weight is 210 g/mol. The molecule has 13 heavy (non-hydrogen) atoms. The van der Waals surface area contributed by atoms with Crippen LogP contribution in [-0.2, 0) is 18.4 Å². The molecule has 0 aliphatic carbocycles. The second-order valence-corrected chi connectivity index (χ2v) is 4.37. The van der Waals surface area contributed by atoms with E-state index in [0.29, 0.717) is 0 Å². The largest absolute Gasteiger partial charge is 0.368 e. The zero-order valence-electron chi connectivity index (χ0n) is 7.73. The zero-order valence-corrected chi connectivity index (χ0v) is 8.62. The molecule has 0 heterocycles. The van der Waals surface area contributed by atoms with Gasteiger partial charge in [-0.1, -0.05) is 0 Å². The number of hydrogen-bond acceptors (Lipinski definition) is 5. The Labute approximate surface area is 77.1 Å². The van der Waals surface area contributed by atoms with Gasteiger partial charge in [0.1, 0.15) is 0 Å². The van der Waals surface area contributed by atoms with Gasteiger partial charge >= 0.3 is 7.60 Å². The first-order valence-electron chi connectivity index (χ1n) is 3.91. The van der Waals surface area contributed by atoms with Crippen molar-refractivity contribution in [2.45, 2.75) is 19.6 Å². The van der Waals surface area contributed by atoms with Gasteiger partial charge in [-0.25, -0.2) is 0 Å². The van der Waals surface area contributed by atoms with Crippen molar-refractivity contribution in [2.24, 2.45) is 11.5 Å². The maximum absolute atomic E-state index is 11.7. The Balaban J connectivity index is 4.57. The quantitative estimate of drug-likeness (QED) is 0.601. The smallest absolute Gasteiger partial charge is 0.356 e. The van der Waals surface area contributed by atoms with Gasteiger partial charge in [-0.05, 0) is 13.8 Å². The van der Waals surface area contributed by atoms with Crippen LogP contribution in [0.15, 0.2) is 0 Å². The lowest BCUT2D eigenvalue weighted by atomic mass is 10.6. The SMILES string of the molecule is CCOP(=O)(OCC)C(N)C(N)=O. The maximum atomic E-state index is 11.7. The second-order valence-electron chi connectivity index (χ2n) is 2.22. The molecular weight excluding hydrogens is 195 g/mol. The minimum absolute atomic E-state index is 0.151. The van der Waals surface area contributed by atoms with Gasteiger partial charge in [-0.2, -0.15) is 0 Å². The molecule has 0 aromatic rings. The molecule has 0 saturated carbocycles. The van der Waals surface area contributed by atoms with Crippen molar-refractivity contribution in [1.82, 2.24) is 0 Å². The first-order chi connectivity index (χ1) is 5.98. The Hall–Kier alpha value is -0.420. The van der Waals surface area contributed by atoms with Crippen LogP contribution in [0.2, 0.25) is 0 Å². The third-order valence-electron chi connectivity index (χ3n) is 1.25. The number of rotatable bonds is 6. The molecule has 0 aliphatic heterocycles. The second kappa shape index (κ2) is 5.34. The van der Waals surface area contributed by atoms with Crippen molar-refractivity contribution < 1.29 is 18.4 Å². The van der Waals surface area contributed by atoms with Gasteiger partial charge in [0.2, 0.25) is 5.91 Å². The molecule has 1 amide bonds. The molecule has 1 atom stereocenters. The Morgan fingerprint density at radius 3 is 2.00 bits per heavy atom. The summed E-state index contributed by atoms with van der Waals surface area (Å²) in [6.45, 7) is 3.55. The summed E-state index contributed by atoms with van der Waals surface area (Å²) in [6, 6.07) is 0. The normalized spacial score (nSPS) is 14.1. The molecule has 6 nitrogen and oxygen atoms in total. The molecule has 0 saturated heterocycles. The van der Waals surface area contributed by atoms with E-state index in [0.717, 1.165) is 0 Å². The number of nitrogens with two attached hydrogens (primary N) is 2. The van der Waals surface area contributed by atoms with Gasteiger partial charge in [0, 0.05) is 0 Å². The topological polar surface area (TPSA) is 105 Å². The fourth-order valence-corrected chi connectivity index (χ4v) is 2.14. The Bertz CT molecular complexity index is 211. The van der Waals surface area contributed by atoms with E-state index >= 15 is 0 Å². The minimum Gasteiger partial charge on any atom is -0.368 e. The highest BCUT2D eigenvalue weighted by Crippen LogP contribution is 2.50. The van der Waals surface area contributed by atoms with Gasteiger partial charge in [-0.3, -0.25) is 9.36 Å². The summed E-state index contributed by atoms with van der Waals surface area (Å²) in [5, 5.41) is 0. The van der Waals surface area contributed by atoms with Crippen molar-refractivity contribution >= 4 is 13.5 Å². The highest BCUT2D eigenvalue weighted by molar-refractivity contribution is 7.55. The first-order valence-corrected chi connectivity index (χ1v) is 5.52. The van der Waals surface area contributed by atoms with Gasteiger partial charge in [-0.15, -0.1) is 0 Å². The van der Waals surface area contributed by atoms with Crippen LogP contribution in [0.1, 0.15) is 13.8 Å². The molecule has 7 heteroatoms. The lowest BCUT2D eigenvalue weighted by Gasteiger charge is -2.20. The molecular formula is C6H15N2O4P. The van der Waals surface area contributed by atoms with Crippen LogP contribution in [0.25, 0.3) is 0 Å². The fourth-order valence-electron chi connectivity index (χ4n) is 0.714. The molecule has 4 N–H and O–H groups in total. The van der Waals surface area contributed by atoms with Gasteiger partial charge < -0.3 is 20.5 Å². The van der Waals surface area contributed by atoms with Crippen molar-refractivity contribution in [2.75, 3.05) is 13.2 Å². The summed E-state index contributed by atoms with van der Waals surface area (Å²) in [6.07, 6.45) is 0. The van der Waals surface area contributed by atoms with Crippen LogP contribution in [0.3, 0.4) is 0 Å². The van der Waals surface area contributed by atoms with Crippen LogP contribution in [0.4, 0.5) is 0 Å². The molecule has 78 valence electrons. The van der Waals surface area contributed by atoms with E-state index in [-0.39, 0.29) is 13.2 Å². The van der Waals surface area contributed by atoms with Crippen molar-refractivity contribution in [3.63, 3.8) is 0 Å². The summed E-state index contributed by atoms with van der Waals surface area (Å²) < 4.78 is 21.3. The molecule has 0 rings (SSSR count). The highest BCUT2D eigenvalue weighted by atomic mass is 31.2. The molecule has 0 fully saturated rings. The number of carbonyl (C=O) groups excluding carboxylic acids is 1. The van der Waals surface area contributed by atoms with E-state index in [1.165, 1.54) is 0 Å². The maximum Gasteiger partial charge on any atom is 0.356 e. The molecule has 1 unspecified atom stereocenters. The summed E-state index contributed by atoms with van der Waals surface area (Å²) in [4.78, 5) is 10.7. The Kier molecular flexibility index (Phi) is 5.17. The number of primary amides is 1. The summed E-state index contributed by atoms with van der Waals surface area (Å²) in [5.41, 5.74) is 10.2. The summed E-state index contributed by atoms with van der Waals surface area (Å²) in [5.74, 6) is -2.29. The minimum atomic E-state index is -3.56. The van der Waals surface area contributed by atoms with Crippen molar-refractivity contribution in [3.05, 3.63) is 0 Å². The van der Waals surface area contributed by atoms with Crippen molar-refractivity contribution in [3.8, 4) is 0 Å². The lowest BCUT2D eigenvalue weighted by molar-refractivity contribution is -0.118. The fraction of sp³-hybridized carbons (Fsp3) is 0.833. The van der Waals surface area contributed by atoms with E-state index in [1.807, 2.05) is 0 Å². The van der Waals surface area contributed by atoms with Gasteiger partial charge in [0.05, 0.1) is 13.2 Å². The van der Waals surface area contributed by atoms with E-state index < -0.39 is 19.3 Å². The third-order valence-corrected chi connectivity index (χ3v) is 3.42. The van der Waals surface area contributed by atoms with E-state index in [1.54, 1.807) is 13.8 Å². The van der Waals surface area contributed by atoms with Crippen molar-refractivity contribution in [1.29, 1.82) is 0 Å². The monoisotopic (exact) mass is 210 g/mol.